The maximum Gasteiger partial charge on any atom is 0.142 e. The van der Waals surface area contributed by atoms with Crippen LogP contribution in [0.1, 0.15) is 36.8 Å². The van der Waals surface area contributed by atoms with Crippen LogP contribution in [0.3, 0.4) is 0 Å². The Hall–Kier alpha value is -1.22. The van der Waals surface area contributed by atoms with Crippen molar-refractivity contribution in [1.82, 2.24) is 4.90 Å². The van der Waals surface area contributed by atoms with Gasteiger partial charge in [-0.05, 0) is 68.6 Å². The van der Waals surface area contributed by atoms with Crippen molar-refractivity contribution in [1.29, 1.82) is 0 Å². The number of aryl methyl sites for hydroxylation is 1. The van der Waals surface area contributed by atoms with Crippen LogP contribution in [0.4, 0.5) is 5.69 Å². The van der Waals surface area contributed by atoms with E-state index in [1.54, 1.807) is 7.11 Å². The van der Waals surface area contributed by atoms with Crippen LogP contribution in [0.15, 0.2) is 12.1 Å². The third kappa shape index (κ3) is 2.61. The number of ether oxygens (including phenoxy) is 1. The number of rotatable bonds is 3. The van der Waals surface area contributed by atoms with Crippen LogP contribution in [0, 0.1) is 6.92 Å². The molecule has 0 bridgehead atoms. The van der Waals surface area contributed by atoms with Crippen molar-refractivity contribution in [2.45, 2.75) is 32.6 Å². The van der Waals surface area contributed by atoms with Crippen molar-refractivity contribution in [2.75, 3.05) is 32.5 Å². The maximum absolute atomic E-state index is 5.94. The Labute approximate surface area is 110 Å². The first-order valence-electron chi connectivity index (χ1n) is 6.82. The highest BCUT2D eigenvalue weighted by molar-refractivity contribution is 5.57. The fraction of sp³-hybridized carbons (Fsp3) is 0.600. The van der Waals surface area contributed by atoms with Gasteiger partial charge in [0.1, 0.15) is 5.75 Å². The molecule has 3 heteroatoms. The number of nitrogens with two attached hydrogens (primary N) is 1. The smallest absolute Gasteiger partial charge is 0.142 e. The quantitative estimate of drug-likeness (QED) is 0.836. The van der Waals surface area contributed by atoms with E-state index in [0.717, 1.165) is 18.0 Å². The fourth-order valence-electron chi connectivity index (χ4n) is 2.90. The summed E-state index contributed by atoms with van der Waals surface area (Å²) in [5, 5.41) is 0. The van der Waals surface area contributed by atoms with E-state index in [1.165, 1.54) is 37.1 Å². The van der Waals surface area contributed by atoms with Gasteiger partial charge in [-0.3, -0.25) is 0 Å². The van der Waals surface area contributed by atoms with Gasteiger partial charge in [0.15, 0.2) is 0 Å². The van der Waals surface area contributed by atoms with Crippen molar-refractivity contribution in [2.24, 2.45) is 0 Å². The highest BCUT2D eigenvalue weighted by atomic mass is 16.5. The molecule has 1 fully saturated rings. The van der Waals surface area contributed by atoms with E-state index in [2.05, 4.69) is 24.8 Å². The summed E-state index contributed by atoms with van der Waals surface area (Å²) in [6.45, 7) is 7.95. The summed E-state index contributed by atoms with van der Waals surface area (Å²) < 4.78 is 5.34. The van der Waals surface area contributed by atoms with Crippen LogP contribution in [0.25, 0.3) is 0 Å². The van der Waals surface area contributed by atoms with E-state index in [1.807, 2.05) is 6.07 Å². The van der Waals surface area contributed by atoms with Crippen LogP contribution < -0.4 is 10.5 Å². The van der Waals surface area contributed by atoms with Gasteiger partial charge in [0.25, 0.3) is 0 Å². The molecule has 1 aliphatic rings. The van der Waals surface area contributed by atoms with Gasteiger partial charge in [-0.15, -0.1) is 0 Å². The van der Waals surface area contributed by atoms with Crippen LogP contribution in [-0.4, -0.2) is 31.6 Å². The molecule has 0 spiro atoms. The second-order valence-electron chi connectivity index (χ2n) is 5.16. The monoisotopic (exact) mass is 248 g/mol. The first-order valence-corrected chi connectivity index (χ1v) is 6.82. The van der Waals surface area contributed by atoms with Gasteiger partial charge in [-0.2, -0.15) is 0 Å². The first-order chi connectivity index (χ1) is 8.65. The minimum Gasteiger partial charge on any atom is -0.495 e. The molecule has 0 radical (unpaired) electrons. The molecule has 0 unspecified atom stereocenters. The van der Waals surface area contributed by atoms with E-state index in [0.29, 0.717) is 5.92 Å². The lowest BCUT2D eigenvalue weighted by Crippen LogP contribution is -2.32. The number of nitrogens with zero attached hydrogens (tertiary/aromatic N) is 1. The minimum atomic E-state index is 0.655. The zero-order valence-corrected chi connectivity index (χ0v) is 11.7. The van der Waals surface area contributed by atoms with Gasteiger partial charge in [0, 0.05) is 0 Å². The average Bonchev–Trinajstić information content (AvgIpc) is 2.39. The molecule has 2 rings (SSSR count). The molecule has 0 aliphatic carbocycles. The Morgan fingerprint density at radius 2 is 2.00 bits per heavy atom. The molecule has 0 atom stereocenters. The van der Waals surface area contributed by atoms with E-state index < -0.39 is 0 Å². The van der Waals surface area contributed by atoms with Crippen LogP contribution in [0.2, 0.25) is 0 Å². The zero-order chi connectivity index (χ0) is 13.1. The Kier molecular flexibility index (Phi) is 4.12. The fourth-order valence-corrected chi connectivity index (χ4v) is 2.90. The minimum absolute atomic E-state index is 0.655. The lowest BCUT2D eigenvalue weighted by molar-refractivity contribution is 0.222. The van der Waals surface area contributed by atoms with Crippen molar-refractivity contribution in [3.8, 4) is 5.75 Å². The summed E-state index contributed by atoms with van der Waals surface area (Å²) in [5.41, 5.74) is 9.39. The second kappa shape index (κ2) is 5.61. The SMILES string of the molecule is CCN1CCC(c2cc(OC)c(N)cc2C)CC1. The molecule has 3 nitrogen and oxygen atoms in total. The number of methoxy groups -OCH3 is 1. The number of anilines is 1. The standard InChI is InChI=1S/C15H24N2O/c1-4-17-7-5-12(6-8-17)13-10-15(18-3)14(16)9-11(13)2/h9-10,12H,4-8,16H2,1-3H3. The van der Waals surface area contributed by atoms with Crippen LogP contribution >= 0.6 is 0 Å². The Morgan fingerprint density at radius 3 is 2.56 bits per heavy atom. The number of likely N-dealkylation sites (tertiary alicyclic amines) is 1. The molecule has 1 aliphatic heterocycles. The van der Waals surface area contributed by atoms with Gasteiger partial charge >= 0.3 is 0 Å². The summed E-state index contributed by atoms with van der Waals surface area (Å²) in [6, 6.07) is 4.18. The van der Waals surface area contributed by atoms with Gasteiger partial charge in [-0.25, -0.2) is 0 Å². The molecule has 1 aromatic rings. The lowest BCUT2D eigenvalue weighted by Gasteiger charge is -2.32. The Bertz CT molecular complexity index is 409. The van der Waals surface area contributed by atoms with Crippen molar-refractivity contribution in [3.63, 3.8) is 0 Å². The molecule has 1 aromatic carbocycles. The highest BCUT2D eigenvalue weighted by Crippen LogP contribution is 2.35. The molecule has 18 heavy (non-hydrogen) atoms. The summed E-state index contributed by atoms with van der Waals surface area (Å²) in [6.07, 6.45) is 2.48. The maximum atomic E-state index is 5.94. The number of nitrogen functional groups attached to an aromatic ring is 1. The predicted octanol–water partition coefficient (Wildman–Crippen LogP) is 2.79. The Morgan fingerprint density at radius 1 is 1.33 bits per heavy atom. The molecule has 1 saturated heterocycles. The number of piperidine rings is 1. The highest BCUT2D eigenvalue weighted by Gasteiger charge is 2.21. The third-order valence-electron chi connectivity index (χ3n) is 4.09. The van der Waals surface area contributed by atoms with E-state index in [9.17, 15) is 0 Å². The topological polar surface area (TPSA) is 38.5 Å². The Balaban J connectivity index is 2.18. The molecule has 1 heterocycles. The molecule has 0 aromatic heterocycles. The van der Waals surface area contributed by atoms with E-state index in [4.69, 9.17) is 10.5 Å². The lowest BCUT2D eigenvalue weighted by atomic mass is 9.86. The molecule has 0 saturated carbocycles. The zero-order valence-electron chi connectivity index (χ0n) is 11.7. The molecule has 100 valence electrons. The third-order valence-corrected chi connectivity index (χ3v) is 4.09. The summed E-state index contributed by atoms with van der Waals surface area (Å²) in [5.74, 6) is 1.47. The molecule has 0 amide bonds. The van der Waals surface area contributed by atoms with Crippen LogP contribution in [0.5, 0.6) is 5.75 Å². The van der Waals surface area contributed by atoms with E-state index >= 15 is 0 Å². The number of hydrogen-bond donors (Lipinski definition) is 1. The van der Waals surface area contributed by atoms with Gasteiger partial charge in [0.05, 0.1) is 12.8 Å². The van der Waals surface area contributed by atoms with Crippen LogP contribution in [-0.2, 0) is 0 Å². The summed E-state index contributed by atoms with van der Waals surface area (Å²) in [4.78, 5) is 2.51. The number of benzene rings is 1. The van der Waals surface area contributed by atoms with Gasteiger partial charge < -0.3 is 15.4 Å². The summed E-state index contributed by atoms with van der Waals surface area (Å²) >= 11 is 0. The van der Waals surface area contributed by atoms with Gasteiger partial charge in [0.2, 0.25) is 0 Å². The summed E-state index contributed by atoms with van der Waals surface area (Å²) in [7, 11) is 1.69. The second-order valence-corrected chi connectivity index (χ2v) is 5.16. The normalized spacial score (nSPS) is 17.9. The molecular weight excluding hydrogens is 224 g/mol. The average molecular weight is 248 g/mol. The van der Waals surface area contributed by atoms with Crippen molar-refractivity contribution < 1.29 is 4.74 Å². The largest absolute Gasteiger partial charge is 0.495 e. The number of hydrogen-bond acceptors (Lipinski definition) is 3. The predicted molar refractivity (Wildman–Crippen MR) is 76.2 cm³/mol. The molecule has 2 N–H and O–H groups in total. The van der Waals surface area contributed by atoms with Crippen molar-refractivity contribution >= 4 is 5.69 Å². The molecular formula is C15H24N2O. The van der Waals surface area contributed by atoms with Gasteiger partial charge in [-0.1, -0.05) is 6.92 Å². The van der Waals surface area contributed by atoms with Crippen molar-refractivity contribution in [3.05, 3.63) is 23.3 Å². The first kappa shape index (κ1) is 13.2. The van der Waals surface area contributed by atoms with E-state index in [-0.39, 0.29) is 0 Å².